The van der Waals surface area contributed by atoms with Crippen LogP contribution in [0.5, 0.6) is 5.75 Å². The van der Waals surface area contributed by atoms with E-state index in [4.69, 9.17) is 19.9 Å². The van der Waals surface area contributed by atoms with Gasteiger partial charge in [-0.05, 0) is 78.5 Å². The largest absolute Gasteiger partial charge is 0.497 e. The number of rotatable bonds is 10. The third kappa shape index (κ3) is 5.32. The summed E-state index contributed by atoms with van der Waals surface area (Å²) in [6.07, 6.45) is 8.14. The van der Waals surface area contributed by atoms with Crippen molar-refractivity contribution in [2.75, 3.05) is 20.8 Å². The highest BCUT2D eigenvalue weighted by Gasteiger charge is 2.43. The van der Waals surface area contributed by atoms with E-state index >= 15 is 0 Å². The van der Waals surface area contributed by atoms with E-state index in [0.29, 0.717) is 13.2 Å². The van der Waals surface area contributed by atoms with Crippen molar-refractivity contribution >= 4 is 0 Å². The van der Waals surface area contributed by atoms with Crippen molar-refractivity contribution in [2.45, 2.75) is 56.8 Å². The van der Waals surface area contributed by atoms with E-state index in [1.807, 2.05) is 12.1 Å². The molecule has 0 bridgehead atoms. The van der Waals surface area contributed by atoms with Gasteiger partial charge < -0.3 is 19.9 Å². The van der Waals surface area contributed by atoms with Crippen LogP contribution in [0.1, 0.15) is 43.2 Å². The molecule has 2 aliphatic rings. The summed E-state index contributed by atoms with van der Waals surface area (Å²) >= 11 is 0. The molecule has 2 aromatic rings. The lowest BCUT2D eigenvalue weighted by Gasteiger charge is -2.33. The highest BCUT2D eigenvalue weighted by atomic mass is 16.5. The van der Waals surface area contributed by atoms with Gasteiger partial charge in [-0.2, -0.15) is 0 Å². The minimum Gasteiger partial charge on any atom is -0.497 e. The van der Waals surface area contributed by atoms with Crippen molar-refractivity contribution in [1.29, 1.82) is 0 Å². The number of methoxy groups -OCH3 is 2. The Hall–Kier alpha value is -2.40. The molecule has 2 aromatic carbocycles. The predicted octanol–water partition coefficient (Wildman–Crippen LogP) is 5.37. The quantitative estimate of drug-likeness (QED) is 0.512. The van der Waals surface area contributed by atoms with E-state index in [0.717, 1.165) is 44.3 Å². The van der Waals surface area contributed by atoms with Gasteiger partial charge in [0, 0.05) is 12.6 Å². The molecule has 4 nitrogen and oxygen atoms in total. The number of ether oxygens (including phenoxy) is 3. The number of hydrogen-bond acceptors (Lipinski definition) is 4. The van der Waals surface area contributed by atoms with Crippen LogP contribution in [0.3, 0.4) is 0 Å². The monoisotopic (exact) mass is 433 g/mol. The van der Waals surface area contributed by atoms with Gasteiger partial charge in [0.05, 0.1) is 26.4 Å². The summed E-state index contributed by atoms with van der Waals surface area (Å²) in [6, 6.07) is 18.7. The van der Waals surface area contributed by atoms with Crippen LogP contribution in [0.25, 0.3) is 0 Å². The Kier molecular flexibility index (Phi) is 7.46. The number of hydrogen-bond donors (Lipinski definition) is 1. The summed E-state index contributed by atoms with van der Waals surface area (Å²) in [6.45, 7) is 1.36. The summed E-state index contributed by atoms with van der Waals surface area (Å²) < 4.78 is 17.1. The van der Waals surface area contributed by atoms with E-state index in [-0.39, 0.29) is 11.6 Å². The van der Waals surface area contributed by atoms with Crippen molar-refractivity contribution in [3.63, 3.8) is 0 Å². The lowest BCUT2D eigenvalue weighted by molar-refractivity contribution is 0.104. The third-order valence-corrected chi connectivity index (χ3v) is 6.85. The molecule has 2 aliphatic carbocycles. The maximum absolute atomic E-state index is 6.89. The van der Waals surface area contributed by atoms with Crippen molar-refractivity contribution in [3.8, 4) is 5.75 Å². The highest BCUT2D eigenvalue weighted by Crippen LogP contribution is 2.46. The molecule has 0 spiro atoms. The summed E-state index contributed by atoms with van der Waals surface area (Å²) in [5.41, 5.74) is 13.3. The average Bonchev–Trinajstić information content (AvgIpc) is 3.18. The Bertz CT molecular complexity index is 966. The Morgan fingerprint density at radius 2 is 1.78 bits per heavy atom. The normalized spacial score (nSPS) is 22.6. The Labute approximate surface area is 192 Å². The van der Waals surface area contributed by atoms with Crippen LogP contribution in [0.2, 0.25) is 0 Å². The Morgan fingerprint density at radius 1 is 0.969 bits per heavy atom. The van der Waals surface area contributed by atoms with Crippen LogP contribution in [-0.4, -0.2) is 32.5 Å². The number of benzene rings is 2. The molecular weight excluding hydrogens is 398 g/mol. The molecule has 170 valence electrons. The Morgan fingerprint density at radius 3 is 2.56 bits per heavy atom. The maximum Gasteiger partial charge on any atom is 0.119 e. The predicted molar refractivity (Wildman–Crippen MR) is 129 cm³/mol. The van der Waals surface area contributed by atoms with Crippen LogP contribution in [-0.2, 0) is 22.5 Å². The molecule has 2 atom stereocenters. The summed E-state index contributed by atoms with van der Waals surface area (Å²) in [4.78, 5) is 0. The minimum absolute atomic E-state index is 0.212. The molecule has 1 fully saturated rings. The molecule has 4 rings (SSSR count). The molecule has 0 aliphatic heterocycles. The lowest BCUT2D eigenvalue weighted by atomic mass is 9.77. The zero-order valence-electron chi connectivity index (χ0n) is 19.3. The van der Waals surface area contributed by atoms with Gasteiger partial charge in [-0.25, -0.2) is 0 Å². The lowest BCUT2D eigenvalue weighted by Crippen LogP contribution is -2.41. The van der Waals surface area contributed by atoms with E-state index < -0.39 is 0 Å². The van der Waals surface area contributed by atoms with Crippen molar-refractivity contribution in [2.24, 2.45) is 5.73 Å². The summed E-state index contributed by atoms with van der Waals surface area (Å²) in [7, 11) is 3.51. The number of nitrogens with two attached hydrogens (primary N) is 1. The second kappa shape index (κ2) is 10.5. The zero-order valence-corrected chi connectivity index (χ0v) is 19.3. The molecule has 4 heteroatoms. The average molecular weight is 434 g/mol. The third-order valence-electron chi connectivity index (χ3n) is 6.85. The second-order valence-corrected chi connectivity index (χ2v) is 8.95. The van der Waals surface area contributed by atoms with Gasteiger partial charge >= 0.3 is 0 Å². The van der Waals surface area contributed by atoms with Gasteiger partial charge in [0.1, 0.15) is 5.75 Å². The molecule has 0 aromatic heterocycles. The molecule has 0 amide bonds. The molecule has 32 heavy (non-hydrogen) atoms. The first-order valence-corrected chi connectivity index (χ1v) is 11.6. The molecule has 0 radical (unpaired) electrons. The number of fused-ring (bicyclic) bond motifs is 1. The summed E-state index contributed by atoms with van der Waals surface area (Å²) in [5, 5.41) is 0. The van der Waals surface area contributed by atoms with E-state index in [1.54, 1.807) is 14.2 Å². The van der Waals surface area contributed by atoms with Crippen LogP contribution in [0.15, 0.2) is 77.4 Å². The number of allylic oxidation sites excluding steroid dienone is 1. The van der Waals surface area contributed by atoms with E-state index in [2.05, 4.69) is 48.5 Å². The van der Waals surface area contributed by atoms with Crippen LogP contribution >= 0.6 is 0 Å². The fraction of sp³-hybridized carbons (Fsp3) is 0.429. The fourth-order valence-electron chi connectivity index (χ4n) is 5.06. The Balaban J connectivity index is 1.47. The highest BCUT2D eigenvalue weighted by molar-refractivity contribution is 5.47. The summed E-state index contributed by atoms with van der Waals surface area (Å²) in [5.74, 6) is 0.905. The van der Waals surface area contributed by atoms with Gasteiger partial charge in [0.25, 0.3) is 0 Å². The van der Waals surface area contributed by atoms with Crippen LogP contribution in [0, 0.1) is 0 Å². The van der Waals surface area contributed by atoms with Gasteiger partial charge in [-0.1, -0.05) is 48.5 Å². The SMILES string of the molecule is COc1cccc(CCC2=C3C[C@H](OC)C[C@]3(N)CC=C2CCOCc2ccccc2)c1. The molecule has 0 saturated heterocycles. The standard InChI is InChI=1S/C28H35NO3/c1-30-24-10-6-9-21(17-24)11-12-26-23(14-16-32-20-22-7-4-3-5-8-22)13-15-28(29)19-25(31-2)18-27(26)28/h3-10,13,17,25H,11-12,14-16,18-20,29H2,1-2H3/t25-,28+/m0/s1. The fourth-order valence-corrected chi connectivity index (χ4v) is 5.06. The van der Waals surface area contributed by atoms with E-state index in [9.17, 15) is 0 Å². The molecule has 0 heterocycles. The first-order valence-electron chi connectivity index (χ1n) is 11.6. The van der Waals surface area contributed by atoms with Crippen LogP contribution < -0.4 is 10.5 Å². The maximum atomic E-state index is 6.89. The first-order chi connectivity index (χ1) is 15.6. The van der Waals surface area contributed by atoms with Gasteiger partial charge in [-0.15, -0.1) is 0 Å². The van der Waals surface area contributed by atoms with Gasteiger partial charge in [-0.3, -0.25) is 0 Å². The van der Waals surface area contributed by atoms with Gasteiger partial charge in [0.15, 0.2) is 0 Å². The smallest absolute Gasteiger partial charge is 0.119 e. The second-order valence-electron chi connectivity index (χ2n) is 8.95. The molecular formula is C28H35NO3. The first kappa shape index (κ1) is 22.8. The van der Waals surface area contributed by atoms with Crippen molar-refractivity contribution in [3.05, 3.63) is 88.5 Å². The zero-order chi connectivity index (χ0) is 22.4. The van der Waals surface area contributed by atoms with Crippen molar-refractivity contribution in [1.82, 2.24) is 0 Å². The van der Waals surface area contributed by atoms with Crippen molar-refractivity contribution < 1.29 is 14.2 Å². The molecule has 1 saturated carbocycles. The minimum atomic E-state index is -0.265. The van der Waals surface area contributed by atoms with E-state index in [1.165, 1.54) is 27.8 Å². The van der Waals surface area contributed by atoms with Gasteiger partial charge in [0.2, 0.25) is 0 Å². The topological polar surface area (TPSA) is 53.7 Å². The number of aryl methyl sites for hydroxylation is 1. The molecule has 2 N–H and O–H groups in total. The van der Waals surface area contributed by atoms with Crippen LogP contribution in [0.4, 0.5) is 0 Å². The molecule has 0 unspecified atom stereocenters.